The number of rotatable bonds is 3. The molecule has 6 heteroatoms. The lowest BCUT2D eigenvalue weighted by molar-refractivity contribution is 0.327. The molecule has 1 atom stereocenters. The van der Waals surface area contributed by atoms with E-state index in [0.717, 1.165) is 31.9 Å². The van der Waals surface area contributed by atoms with Gasteiger partial charge in [-0.3, -0.25) is 0 Å². The molecule has 2 heterocycles. The molecule has 0 radical (unpaired) electrons. The molecule has 2 N–H and O–H groups in total. The van der Waals surface area contributed by atoms with Crippen LogP contribution in [0.5, 0.6) is 5.88 Å². The van der Waals surface area contributed by atoms with Gasteiger partial charge in [-0.15, -0.1) is 0 Å². The first-order valence-electron chi connectivity index (χ1n) is 6.82. The second-order valence-corrected chi connectivity index (χ2v) is 5.01. The number of ether oxygens (including phenoxy) is 1. The summed E-state index contributed by atoms with van der Waals surface area (Å²) >= 11 is 0. The molecule has 0 spiro atoms. The highest BCUT2D eigenvalue weighted by molar-refractivity contribution is 5.68. The van der Waals surface area contributed by atoms with E-state index in [0.29, 0.717) is 24.2 Å². The van der Waals surface area contributed by atoms with Crippen molar-refractivity contribution in [3.05, 3.63) is 6.33 Å². The lowest BCUT2D eigenvalue weighted by Gasteiger charge is -2.30. The average Bonchev–Trinajstić information content (AvgIpc) is 2.53. The Morgan fingerprint density at radius 1 is 1.42 bits per heavy atom. The quantitative estimate of drug-likeness (QED) is 0.879. The fourth-order valence-corrected chi connectivity index (χ4v) is 2.54. The summed E-state index contributed by atoms with van der Waals surface area (Å²) in [6.45, 7) is 7.74. The number of nitrogens with two attached hydrogens (primary N) is 1. The Morgan fingerprint density at radius 2 is 2.21 bits per heavy atom. The van der Waals surface area contributed by atoms with E-state index in [1.165, 1.54) is 6.33 Å². The zero-order valence-corrected chi connectivity index (χ0v) is 12.0. The largest absolute Gasteiger partial charge is 0.476 e. The van der Waals surface area contributed by atoms with Gasteiger partial charge in [-0.1, -0.05) is 0 Å². The van der Waals surface area contributed by atoms with Crippen LogP contribution in [0, 0.1) is 0 Å². The van der Waals surface area contributed by atoms with E-state index in [1.807, 2.05) is 6.92 Å². The highest BCUT2D eigenvalue weighted by Crippen LogP contribution is 2.30. The lowest BCUT2D eigenvalue weighted by Crippen LogP contribution is -2.38. The Labute approximate surface area is 114 Å². The Kier molecular flexibility index (Phi) is 4.42. The molecule has 1 aliphatic heterocycles. The van der Waals surface area contributed by atoms with Crippen molar-refractivity contribution in [2.75, 3.05) is 43.9 Å². The molecule has 0 aliphatic carbocycles. The van der Waals surface area contributed by atoms with Gasteiger partial charge in [0.1, 0.15) is 12.0 Å². The monoisotopic (exact) mass is 265 g/mol. The van der Waals surface area contributed by atoms with Gasteiger partial charge in [0.15, 0.2) is 5.82 Å². The van der Waals surface area contributed by atoms with E-state index < -0.39 is 0 Å². The van der Waals surface area contributed by atoms with E-state index in [9.17, 15) is 0 Å². The van der Waals surface area contributed by atoms with Crippen molar-refractivity contribution in [2.45, 2.75) is 26.3 Å². The minimum Gasteiger partial charge on any atom is -0.476 e. The first-order valence-corrected chi connectivity index (χ1v) is 6.82. The zero-order chi connectivity index (χ0) is 13.8. The standard InChI is InChI=1S/C13H23N5O/c1-4-19-13-11(14)12(15-9-16-13)18-7-5-6-17(3)8-10(18)2/h9-10H,4-8,14H2,1-3H3. The highest BCUT2D eigenvalue weighted by Gasteiger charge is 2.24. The van der Waals surface area contributed by atoms with Crippen molar-refractivity contribution < 1.29 is 4.74 Å². The number of nitrogen functional groups attached to an aromatic ring is 1. The molecule has 1 saturated heterocycles. The van der Waals surface area contributed by atoms with Gasteiger partial charge in [0.25, 0.3) is 0 Å². The Hall–Kier alpha value is -1.56. The first kappa shape index (κ1) is 13.9. The molecular formula is C13H23N5O. The topological polar surface area (TPSA) is 67.5 Å². The minimum absolute atomic E-state index is 0.374. The first-order chi connectivity index (χ1) is 9.13. The maximum atomic E-state index is 6.14. The third-order valence-corrected chi connectivity index (χ3v) is 3.43. The molecule has 0 bridgehead atoms. The van der Waals surface area contributed by atoms with E-state index in [1.54, 1.807) is 0 Å². The van der Waals surface area contributed by atoms with Gasteiger partial charge in [0, 0.05) is 19.1 Å². The second kappa shape index (κ2) is 6.06. The van der Waals surface area contributed by atoms with Crippen LogP contribution < -0.4 is 15.4 Å². The van der Waals surface area contributed by atoms with Crippen LogP contribution in [-0.4, -0.2) is 54.2 Å². The highest BCUT2D eigenvalue weighted by atomic mass is 16.5. The summed E-state index contributed by atoms with van der Waals surface area (Å²) < 4.78 is 5.44. The molecule has 1 aromatic heterocycles. The minimum atomic E-state index is 0.374. The fraction of sp³-hybridized carbons (Fsp3) is 0.692. The molecule has 1 aliphatic rings. The van der Waals surface area contributed by atoms with Crippen molar-refractivity contribution in [1.82, 2.24) is 14.9 Å². The maximum absolute atomic E-state index is 6.14. The summed E-state index contributed by atoms with van der Waals surface area (Å²) in [4.78, 5) is 13.0. The van der Waals surface area contributed by atoms with Gasteiger partial charge in [-0.2, -0.15) is 4.98 Å². The van der Waals surface area contributed by atoms with Crippen LogP contribution in [0.15, 0.2) is 6.33 Å². The van der Waals surface area contributed by atoms with Gasteiger partial charge in [0.05, 0.1) is 6.61 Å². The molecule has 1 aromatic rings. The van der Waals surface area contributed by atoms with Gasteiger partial charge >= 0.3 is 0 Å². The SMILES string of the molecule is CCOc1ncnc(N2CCCN(C)CC2C)c1N. The Balaban J connectivity index is 2.27. The van der Waals surface area contributed by atoms with Gasteiger partial charge in [0.2, 0.25) is 5.88 Å². The number of likely N-dealkylation sites (N-methyl/N-ethyl adjacent to an activating group) is 1. The van der Waals surface area contributed by atoms with E-state index in [4.69, 9.17) is 10.5 Å². The fourth-order valence-electron chi connectivity index (χ4n) is 2.54. The summed E-state index contributed by atoms with van der Waals surface area (Å²) in [5.74, 6) is 1.28. The molecule has 0 saturated carbocycles. The van der Waals surface area contributed by atoms with E-state index >= 15 is 0 Å². The van der Waals surface area contributed by atoms with Crippen LogP contribution in [0.2, 0.25) is 0 Å². The van der Waals surface area contributed by atoms with Crippen LogP contribution in [0.1, 0.15) is 20.3 Å². The van der Waals surface area contributed by atoms with Gasteiger partial charge in [-0.05, 0) is 33.9 Å². The summed E-state index contributed by atoms with van der Waals surface area (Å²) in [7, 11) is 2.15. The Bertz CT molecular complexity index is 425. The molecule has 2 rings (SSSR count). The summed E-state index contributed by atoms with van der Waals surface area (Å²) in [6.07, 6.45) is 2.63. The summed E-state index contributed by atoms with van der Waals surface area (Å²) in [5.41, 5.74) is 6.69. The third kappa shape index (κ3) is 3.07. The number of aromatic nitrogens is 2. The zero-order valence-electron chi connectivity index (χ0n) is 12.0. The van der Waals surface area contributed by atoms with Crippen LogP contribution in [0.25, 0.3) is 0 Å². The van der Waals surface area contributed by atoms with Crippen LogP contribution in [-0.2, 0) is 0 Å². The molecule has 106 valence electrons. The van der Waals surface area contributed by atoms with Crippen molar-refractivity contribution in [3.8, 4) is 5.88 Å². The average molecular weight is 265 g/mol. The van der Waals surface area contributed by atoms with Crippen LogP contribution >= 0.6 is 0 Å². The number of hydrogen-bond acceptors (Lipinski definition) is 6. The van der Waals surface area contributed by atoms with E-state index in [-0.39, 0.29) is 0 Å². The predicted molar refractivity (Wildman–Crippen MR) is 76.5 cm³/mol. The summed E-state index contributed by atoms with van der Waals surface area (Å²) in [6, 6.07) is 0.374. The predicted octanol–water partition coefficient (Wildman–Crippen LogP) is 0.988. The number of anilines is 2. The van der Waals surface area contributed by atoms with Crippen LogP contribution in [0.4, 0.5) is 11.5 Å². The Morgan fingerprint density at radius 3 is 2.95 bits per heavy atom. The summed E-state index contributed by atoms with van der Waals surface area (Å²) in [5, 5.41) is 0. The number of hydrogen-bond donors (Lipinski definition) is 1. The molecular weight excluding hydrogens is 242 g/mol. The molecule has 1 fully saturated rings. The maximum Gasteiger partial charge on any atom is 0.242 e. The smallest absolute Gasteiger partial charge is 0.242 e. The number of nitrogens with zero attached hydrogens (tertiary/aromatic N) is 4. The normalized spacial score (nSPS) is 21.2. The van der Waals surface area contributed by atoms with E-state index in [2.05, 4.69) is 33.7 Å². The molecule has 19 heavy (non-hydrogen) atoms. The van der Waals surface area contributed by atoms with Crippen molar-refractivity contribution >= 4 is 11.5 Å². The molecule has 1 unspecified atom stereocenters. The molecule has 0 aromatic carbocycles. The third-order valence-electron chi connectivity index (χ3n) is 3.43. The molecule has 0 amide bonds. The van der Waals surface area contributed by atoms with Crippen molar-refractivity contribution in [1.29, 1.82) is 0 Å². The van der Waals surface area contributed by atoms with Gasteiger partial charge < -0.3 is 20.3 Å². The lowest BCUT2D eigenvalue weighted by atomic mass is 10.2. The molecule has 6 nitrogen and oxygen atoms in total. The van der Waals surface area contributed by atoms with Crippen LogP contribution in [0.3, 0.4) is 0 Å². The van der Waals surface area contributed by atoms with Gasteiger partial charge in [-0.25, -0.2) is 4.98 Å². The van der Waals surface area contributed by atoms with Crippen molar-refractivity contribution in [2.24, 2.45) is 0 Å². The second-order valence-electron chi connectivity index (χ2n) is 5.01. The van der Waals surface area contributed by atoms with Crippen molar-refractivity contribution in [3.63, 3.8) is 0 Å².